The van der Waals surface area contributed by atoms with Gasteiger partial charge in [0.05, 0.1) is 12.2 Å². The Bertz CT molecular complexity index is 1250. The van der Waals surface area contributed by atoms with E-state index in [0.29, 0.717) is 38.1 Å². The van der Waals surface area contributed by atoms with Gasteiger partial charge in [-0.1, -0.05) is 12.1 Å². The Morgan fingerprint density at radius 3 is 2.41 bits per heavy atom. The summed E-state index contributed by atoms with van der Waals surface area (Å²) in [6, 6.07) is 9.27. The molecule has 0 saturated carbocycles. The highest BCUT2D eigenvalue weighted by Crippen LogP contribution is 2.53. The van der Waals surface area contributed by atoms with Crippen molar-refractivity contribution in [2.24, 2.45) is 0 Å². The molecule has 208 valence electrons. The molecule has 4 rings (SSSR count). The molecule has 0 aliphatic carbocycles. The highest BCUT2D eigenvalue weighted by Gasteiger charge is 2.73. The number of nitrogens with one attached hydrogen (secondary N) is 3. The van der Waals surface area contributed by atoms with Crippen molar-refractivity contribution in [2.75, 3.05) is 23.8 Å². The second-order valence-corrected chi connectivity index (χ2v) is 8.92. The highest BCUT2D eigenvalue weighted by molar-refractivity contribution is 6.07. The van der Waals surface area contributed by atoms with Crippen molar-refractivity contribution in [1.82, 2.24) is 15.3 Å². The van der Waals surface area contributed by atoms with Crippen LogP contribution in [0.2, 0.25) is 0 Å². The number of halogens is 6. The first kappa shape index (κ1) is 28.3. The van der Waals surface area contributed by atoms with Crippen LogP contribution in [0.4, 0.5) is 37.8 Å². The molecule has 3 N–H and O–H groups in total. The highest BCUT2D eigenvalue weighted by atomic mass is 19.4. The van der Waals surface area contributed by atoms with Crippen LogP contribution in [0.3, 0.4) is 0 Å². The standard InChI is InChI=1S/C26H25F6N5O2/c27-25(28,29)24(26(30,31)32,39-16-20-6-2-10-34-20)18-4-1-5-19(14-18)37-23(38)21-7-3-11-35-22(21)36-15-17-8-12-33-13-9-17/h1,3-5,7-9,11-14,20,34H,2,6,10,15-16H2,(H,35,36)(H,37,38)/t20-/m0/s1. The van der Waals surface area contributed by atoms with Gasteiger partial charge in [0, 0.05) is 42.4 Å². The van der Waals surface area contributed by atoms with Gasteiger partial charge in [-0.2, -0.15) is 26.3 Å². The smallest absolute Gasteiger partial charge is 0.365 e. The van der Waals surface area contributed by atoms with E-state index in [0.717, 1.165) is 11.6 Å². The zero-order valence-corrected chi connectivity index (χ0v) is 20.4. The summed E-state index contributed by atoms with van der Waals surface area (Å²) < 4.78 is 89.9. The van der Waals surface area contributed by atoms with Crippen molar-refractivity contribution in [2.45, 2.75) is 43.4 Å². The first-order valence-electron chi connectivity index (χ1n) is 12.0. The van der Waals surface area contributed by atoms with Crippen LogP contribution >= 0.6 is 0 Å². The largest absolute Gasteiger partial charge is 0.430 e. The molecular weight excluding hydrogens is 528 g/mol. The van der Waals surface area contributed by atoms with E-state index >= 15 is 0 Å². The molecule has 1 amide bonds. The zero-order valence-electron chi connectivity index (χ0n) is 20.4. The van der Waals surface area contributed by atoms with Crippen LogP contribution in [-0.2, 0) is 16.9 Å². The van der Waals surface area contributed by atoms with Crippen LogP contribution < -0.4 is 16.0 Å². The maximum Gasteiger partial charge on any atom is 0.430 e. The number of carbonyl (C=O) groups excluding carboxylic acids is 1. The van der Waals surface area contributed by atoms with Crippen LogP contribution in [0.5, 0.6) is 0 Å². The molecular formula is C26H25F6N5O2. The third kappa shape index (κ3) is 6.31. The van der Waals surface area contributed by atoms with Crippen molar-refractivity contribution >= 4 is 17.4 Å². The summed E-state index contributed by atoms with van der Waals surface area (Å²) in [4.78, 5) is 21.1. The van der Waals surface area contributed by atoms with Gasteiger partial charge in [0.25, 0.3) is 11.5 Å². The Balaban J connectivity index is 1.60. The number of benzene rings is 1. The monoisotopic (exact) mass is 553 g/mol. The van der Waals surface area contributed by atoms with Crippen LogP contribution in [0.1, 0.15) is 34.3 Å². The van der Waals surface area contributed by atoms with E-state index in [1.54, 1.807) is 24.5 Å². The van der Waals surface area contributed by atoms with Crippen LogP contribution in [-0.4, -0.2) is 47.4 Å². The number of hydrogen-bond acceptors (Lipinski definition) is 6. The lowest BCUT2D eigenvalue weighted by molar-refractivity contribution is -0.390. The topological polar surface area (TPSA) is 88.2 Å². The van der Waals surface area contributed by atoms with Crippen molar-refractivity contribution in [3.05, 3.63) is 83.8 Å². The van der Waals surface area contributed by atoms with E-state index in [-0.39, 0.29) is 17.1 Å². The summed E-state index contributed by atoms with van der Waals surface area (Å²) in [5, 5.41) is 8.20. The second-order valence-electron chi connectivity index (χ2n) is 8.92. The van der Waals surface area contributed by atoms with Gasteiger partial charge in [0.1, 0.15) is 5.82 Å². The minimum absolute atomic E-state index is 0.0402. The number of pyridine rings is 2. The predicted octanol–water partition coefficient (Wildman–Crippen LogP) is 5.43. The van der Waals surface area contributed by atoms with E-state index in [1.165, 1.54) is 24.4 Å². The lowest BCUT2D eigenvalue weighted by Gasteiger charge is -2.38. The van der Waals surface area contributed by atoms with Gasteiger partial charge in [0.2, 0.25) is 0 Å². The molecule has 1 saturated heterocycles. The fraction of sp³-hybridized carbons (Fsp3) is 0.346. The Kier molecular flexibility index (Phi) is 8.40. The average Bonchev–Trinajstić information content (AvgIpc) is 3.41. The maximum atomic E-state index is 14.2. The molecule has 1 fully saturated rings. The van der Waals surface area contributed by atoms with Crippen molar-refractivity contribution < 1.29 is 35.9 Å². The molecule has 1 aromatic carbocycles. The molecule has 1 aliphatic rings. The second kappa shape index (κ2) is 11.6. The first-order chi connectivity index (χ1) is 18.5. The number of amides is 1. The molecule has 0 radical (unpaired) electrons. The summed E-state index contributed by atoms with van der Waals surface area (Å²) in [6.45, 7) is -0.0195. The normalized spacial score (nSPS) is 16.2. The maximum absolute atomic E-state index is 14.2. The van der Waals surface area contributed by atoms with Gasteiger partial charge in [-0.3, -0.25) is 9.78 Å². The Morgan fingerprint density at radius 1 is 1.00 bits per heavy atom. The van der Waals surface area contributed by atoms with Crippen molar-refractivity contribution in [3.8, 4) is 0 Å². The Hall–Kier alpha value is -3.71. The average molecular weight is 554 g/mol. The quantitative estimate of drug-likeness (QED) is 0.307. The molecule has 13 heteroatoms. The number of rotatable bonds is 9. The van der Waals surface area contributed by atoms with E-state index in [4.69, 9.17) is 4.74 Å². The minimum atomic E-state index is -5.83. The van der Waals surface area contributed by atoms with E-state index in [2.05, 4.69) is 25.9 Å². The number of alkyl halides is 6. The third-order valence-electron chi connectivity index (χ3n) is 6.25. The number of hydrogen-bond donors (Lipinski definition) is 3. The zero-order chi connectivity index (χ0) is 28.1. The summed E-state index contributed by atoms with van der Waals surface area (Å²) in [7, 11) is 0. The number of aromatic nitrogens is 2. The fourth-order valence-corrected chi connectivity index (χ4v) is 4.29. The van der Waals surface area contributed by atoms with E-state index in [1.807, 2.05) is 0 Å². The molecule has 1 aliphatic heterocycles. The van der Waals surface area contributed by atoms with E-state index in [9.17, 15) is 31.1 Å². The molecule has 0 spiro atoms. The molecule has 2 aromatic heterocycles. The van der Waals surface area contributed by atoms with E-state index < -0.39 is 42.1 Å². The molecule has 1 atom stereocenters. The lowest BCUT2D eigenvalue weighted by atomic mass is 9.91. The Labute approximate surface area is 220 Å². The molecule has 3 aromatic rings. The van der Waals surface area contributed by atoms with Crippen LogP contribution in [0, 0.1) is 0 Å². The summed E-state index contributed by atoms with van der Waals surface area (Å²) in [5.74, 6) is -0.603. The van der Waals surface area contributed by atoms with Crippen LogP contribution in [0.15, 0.2) is 67.1 Å². The SMILES string of the molecule is O=C(Nc1cccc(C(OC[C@@H]2CCCN2)(C(F)(F)F)C(F)(F)F)c1)c1cccnc1NCc1ccncc1. The lowest BCUT2D eigenvalue weighted by Crippen LogP contribution is -2.57. The fourth-order valence-electron chi connectivity index (χ4n) is 4.29. The molecule has 7 nitrogen and oxygen atoms in total. The molecule has 39 heavy (non-hydrogen) atoms. The molecule has 0 unspecified atom stereocenters. The predicted molar refractivity (Wildman–Crippen MR) is 131 cm³/mol. The van der Waals surface area contributed by atoms with Crippen molar-refractivity contribution in [3.63, 3.8) is 0 Å². The van der Waals surface area contributed by atoms with Crippen molar-refractivity contribution in [1.29, 1.82) is 0 Å². The van der Waals surface area contributed by atoms with Gasteiger partial charge in [-0.25, -0.2) is 4.98 Å². The minimum Gasteiger partial charge on any atom is -0.365 e. The van der Waals surface area contributed by atoms with Gasteiger partial charge >= 0.3 is 12.4 Å². The summed E-state index contributed by atoms with van der Waals surface area (Å²) >= 11 is 0. The van der Waals surface area contributed by atoms with Gasteiger partial charge < -0.3 is 20.7 Å². The number of nitrogens with zero attached hydrogens (tertiary/aromatic N) is 2. The Morgan fingerprint density at radius 2 is 1.74 bits per heavy atom. The van der Waals surface area contributed by atoms with Gasteiger partial charge in [0.15, 0.2) is 0 Å². The number of anilines is 2. The molecule has 0 bridgehead atoms. The van der Waals surface area contributed by atoms with Crippen LogP contribution in [0.25, 0.3) is 0 Å². The van der Waals surface area contributed by atoms with Gasteiger partial charge in [-0.15, -0.1) is 0 Å². The third-order valence-corrected chi connectivity index (χ3v) is 6.25. The first-order valence-corrected chi connectivity index (χ1v) is 12.0. The number of ether oxygens (including phenoxy) is 1. The summed E-state index contributed by atoms with van der Waals surface area (Å²) in [6.07, 6.45) is -6.04. The number of carbonyl (C=O) groups is 1. The molecule has 3 heterocycles. The van der Waals surface area contributed by atoms with Gasteiger partial charge in [-0.05, 0) is 61.3 Å². The summed E-state index contributed by atoms with van der Waals surface area (Å²) in [5.41, 5.74) is -5.17.